The lowest BCUT2D eigenvalue weighted by Crippen LogP contribution is -2.59. The van der Waals surface area contributed by atoms with Crippen LogP contribution in [0, 0.1) is 23.7 Å². The fraction of sp³-hybridized carbons (Fsp3) is 0.721. The van der Waals surface area contributed by atoms with Gasteiger partial charge in [-0.05, 0) is 75.4 Å². The molecule has 12 heteroatoms. The third kappa shape index (κ3) is 16.2. The molecule has 1 saturated heterocycles. The molecule has 4 N–H and O–H groups in total. The second kappa shape index (κ2) is 26.0. The van der Waals surface area contributed by atoms with Crippen LogP contribution in [0.25, 0.3) is 0 Å². The van der Waals surface area contributed by atoms with Crippen molar-refractivity contribution in [3.63, 3.8) is 0 Å². The van der Waals surface area contributed by atoms with Gasteiger partial charge in [-0.3, -0.25) is 19.2 Å². The highest BCUT2D eigenvalue weighted by molar-refractivity contribution is 5.95. The average Bonchev–Trinajstić information content (AvgIpc) is 3.71. The standard InChI is InChI=1S/C43H66O12/c1-3-5-11-19-33-30(23-25-35(33)45)17-13-8-7-9-15-22-39(48)54-32(29-53-43-42(51)41(50)40(49)37(27-44)55-43)28-52-38(47)21-16-10-14-18-31-24-26-36(46)34(31)20-12-6-4-2/h5-6,11-12,23-26,30-34,37,40-44,49-51H,3-4,7-10,13-22,27-29H2,1-2H3/b11-5+,12-6+/t30?,31?,32?,33?,34?,37-,40+,41+,42-,43-/m1/s1. The maximum Gasteiger partial charge on any atom is 0.306 e. The fourth-order valence-electron chi connectivity index (χ4n) is 7.40. The molecule has 3 rings (SSSR count). The van der Waals surface area contributed by atoms with Crippen molar-refractivity contribution in [1.29, 1.82) is 0 Å². The van der Waals surface area contributed by atoms with Gasteiger partial charge < -0.3 is 39.4 Å². The second-order valence-electron chi connectivity index (χ2n) is 15.0. The van der Waals surface area contributed by atoms with Crippen molar-refractivity contribution in [2.75, 3.05) is 19.8 Å². The SMILES string of the molecule is CC/C=C/CC1C(=O)C=CC1CCCCCCCC(=O)OC(COC(=O)CCCCCC1C=CC(=O)C1C/C=C/CC)CO[C@@H]1O[C@H](CO)[C@H](O)[C@H](O)[C@H]1O. The zero-order chi connectivity index (χ0) is 40.0. The summed E-state index contributed by atoms with van der Waals surface area (Å²) in [4.78, 5) is 50.0. The minimum Gasteiger partial charge on any atom is -0.462 e. The van der Waals surface area contributed by atoms with Crippen molar-refractivity contribution < 1.29 is 58.6 Å². The zero-order valence-electron chi connectivity index (χ0n) is 32.9. The van der Waals surface area contributed by atoms with Crippen LogP contribution in [0.1, 0.15) is 117 Å². The Morgan fingerprint density at radius 1 is 0.709 bits per heavy atom. The summed E-state index contributed by atoms with van der Waals surface area (Å²) in [5.74, 6) is -0.0675. The van der Waals surface area contributed by atoms with Crippen molar-refractivity contribution in [1.82, 2.24) is 0 Å². The van der Waals surface area contributed by atoms with Gasteiger partial charge in [0.25, 0.3) is 0 Å². The van der Waals surface area contributed by atoms with Gasteiger partial charge >= 0.3 is 11.9 Å². The quantitative estimate of drug-likeness (QED) is 0.0474. The van der Waals surface area contributed by atoms with Gasteiger partial charge in [0, 0.05) is 24.7 Å². The molecule has 0 bridgehead atoms. The highest BCUT2D eigenvalue weighted by Gasteiger charge is 2.44. The predicted molar refractivity (Wildman–Crippen MR) is 206 cm³/mol. The molecule has 10 atom stereocenters. The van der Waals surface area contributed by atoms with Crippen LogP contribution in [0.4, 0.5) is 0 Å². The van der Waals surface area contributed by atoms with E-state index >= 15 is 0 Å². The van der Waals surface area contributed by atoms with Gasteiger partial charge in [-0.15, -0.1) is 0 Å². The van der Waals surface area contributed by atoms with E-state index < -0.39 is 55.4 Å². The van der Waals surface area contributed by atoms with E-state index in [0.717, 1.165) is 77.0 Å². The van der Waals surface area contributed by atoms with E-state index in [1.54, 1.807) is 12.2 Å². The molecule has 2 aliphatic carbocycles. The number of unbranched alkanes of at least 4 members (excludes halogenated alkanes) is 6. The van der Waals surface area contributed by atoms with Crippen molar-refractivity contribution in [2.45, 2.75) is 153 Å². The number of carbonyl (C=O) groups excluding carboxylic acids is 4. The fourth-order valence-corrected chi connectivity index (χ4v) is 7.40. The average molecular weight is 775 g/mol. The number of rotatable bonds is 27. The highest BCUT2D eigenvalue weighted by atomic mass is 16.7. The summed E-state index contributed by atoms with van der Waals surface area (Å²) in [6.07, 6.45) is 19.5. The smallest absolute Gasteiger partial charge is 0.306 e. The van der Waals surface area contributed by atoms with E-state index in [0.29, 0.717) is 12.8 Å². The molecular formula is C43H66O12. The Hall–Kier alpha value is -3.00. The molecule has 0 saturated carbocycles. The van der Waals surface area contributed by atoms with Gasteiger partial charge in [-0.2, -0.15) is 0 Å². The number of hydrogen-bond acceptors (Lipinski definition) is 12. The van der Waals surface area contributed by atoms with E-state index in [1.807, 2.05) is 12.2 Å². The third-order valence-electron chi connectivity index (χ3n) is 10.7. The largest absolute Gasteiger partial charge is 0.462 e. The highest BCUT2D eigenvalue weighted by Crippen LogP contribution is 2.32. The minimum atomic E-state index is -1.63. The molecule has 1 heterocycles. The molecule has 0 spiro atoms. The number of carbonyl (C=O) groups is 4. The topological polar surface area (TPSA) is 186 Å². The summed E-state index contributed by atoms with van der Waals surface area (Å²) in [7, 11) is 0. The van der Waals surface area contributed by atoms with Crippen LogP contribution in [0.15, 0.2) is 48.6 Å². The lowest BCUT2D eigenvalue weighted by Gasteiger charge is -2.39. The monoisotopic (exact) mass is 774 g/mol. The Bertz CT molecular complexity index is 1290. The number of allylic oxidation sites excluding steroid dienone is 8. The van der Waals surface area contributed by atoms with E-state index in [-0.39, 0.29) is 61.3 Å². The summed E-state index contributed by atoms with van der Waals surface area (Å²) < 4.78 is 22.1. The number of aliphatic hydroxyl groups excluding tert-OH is 4. The van der Waals surface area contributed by atoms with Gasteiger partial charge in [-0.1, -0.05) is 88.8 Å². The van der Waals surface area contributed by atoms with E-state index in [2.05, 4.69) is 38.2 Å². The van der Waals surface area contributed by atoms with Crippen LogP contribution >= 0.6 is 0 Å². The molecule has 0 aromatic rings. The van der Waals surface area contributed by atoms with Gasteiger partial charge in [-0.25, -0.2) is 0 Å². The van der Waals surface area contributed by atoms with Crippen LogP contribution < -0.4 is 0 Å². The Labute approximate surface area is 327 Å². The van der Waals surface area contributed by atoms with E-state index in [4.69, 9.17) is 18.9 Å². The van der Waals surface area contributed by atoms with Gasteiger partial charge in [0.1, 0.15) is 31.0 Å². The Balaban J connectivity index is 1.40. The Morgan fingerprint density at radius 3 is 1.80 bits per heavy atom. The molecule has 5 unspecified atom stereocenters. The van der Waals surface area contributed by atoms with Crippen LogP contribution in [-0.4, -0.2) is 101 Å². The summed E-state index contributed by atoms with van der Waals surface area (Å²) in [5.41, 5.74) is 0. The lowest BCUT2D eigenvalue weighted by atomic mass is 9.87. The maximum atomic E-state index is 12.8. The summed E-state index contributed by atoms with van der Waals surface area (Å²) >= 11 is 0. The van der Waals surface area contributed by atoms with E-state index in [1.165, 1.54) is 0 Å². The predicted octanol–water partition coefficient (Wildman–Crippen LogP) is 5.39. The van der Waals surface area contributed by atoms with Gasteiger partial charge in [0.05, 0.1) is 13.2 Å². The van der Waals surface area contributed by atoms with E-state index in [9.17, 15) is 39.6 Å². The third-order valence-corrected chi connectivity index (χ3v) is 10.7. The number of ketones is 2. The summed E-state index contributed by atoms with van der Waals surface area (Å²) in [6, 6.07) is 0. The zero-order valence-corrected chi connectivity index (χ0v) is 32.9. The van der Waals surface area contributed by atoms with Crippen molar-refractivity contribution in [3.8, 4) is 0 Å². The summed E-state index contributed by atoms with van der Waals surface area (Å²) in [5, 5.41) is 40.1. The Morgan fingerprint density at radius 2 is 1.24 bits per heavy atom. The van der Waals surface area contributed by atoms with Crippen molar-refractivity contribution in [3.05, 3.63) is 48.6 Å². The first-order valence-corrected chi connectivity index (χ1v) is 20.6. The molecular weight excluding hydrogens is 708 g/mol. The van der Waals surface area contributed by atoms with Gasteiger partial charge in [0.15, 0.2) is 24.0 Å². The first kappa shape index (κ1) is 46.4. The molecule has 310 valence electrons. The second-order valence-corrected chi connectivity index (χ2v) is 15.0. The molecule has 0 aromatic heterocycles. The van der Waals surface area contributed by atoms with Crippen LogP contribution in [0.5, 0.6) is 0 Å². The normalized spacial score (nSPS) is 28.5. The molecule has 1 fully saturated rings. The van der Waals surface area contributed by atoms with Crippen LogP contribution in [0.2, 0.25) is 0 Å². The van der Waals surface area contributed by atoms with Crippen molar-refractivity contribution in [2.24, 2.45) is 23.7 Å². The first-order valence-electron chi connectivity index (χ1n) is 20.6. The maximum absolute atomic E-state index is 12.8. The number of ether oxygens (including phenoxy) is 4. The number of hydrogen-bond donors (Lipinski definition) is 4. The van der Waals surface area contributed by atoms with Gasteiger partial charge in [0.2, 0.25) is 0 Å². The molecule has 12 nitrogen and oxygen atoms in total. The molecule has 0 amide bonds. The van der Waals surface area contributed by atoms with Crippen LogP contribution in [0.3, 0.4) is 0 Å². The van der Waals surface area contributed by atoms with Crippen LogP contribution in [-0.2, 0) is 38.1 Å². The molecule has 55 heavy (non-hydrogen) atoms. The number of esters is 2. The summed E-state index contributed by atoms with van der Waals surface area (Å²) in [6.45, 7) is 2.89. The molecule has 0 aromatic carbocycles. The Kier molecular flexibility index (Phi) is 21.9. The lowest BCUT2D eigenvalue weighted by molar-refractivity contribution is -0.305. The number of aliphatic hydroxyl groups is 4. The first-order chi connectivity index (χ1) is 26.6. The molecule has 1 aliphatic heterocycles. The minimum absolute atomic E-state index is 0.0119. The van der Waals surface area contributed by atoms with Crippen molar-refractivity contribution >= 4 is 23.5 Å². The molecule has 0 radical (unpaired) electrons. The molecule has 3 aliphatic rings.